The van der Waals surface area contributed by atoms with Gasteiger partial charge in [0.2, 0.25) is 0 Å². The second-order valence-electron chi connectivity index (χ2n) is 2.21. The van der Waals surface area contributed by atoms with Crippen molar-refractivity contribution < 1.29 is 5.21 Å². The van der Waals surface area contributed by atoms with Crippen LogP contribution in [0.2, 0.25) is 5.02 Å². The van der Waals surface area contributed by atoms with Crippen molar-refractivity contribution in [2.75, 3.05) is 7.05 Å². The van der Waals surface area contributed by atoms with E-state index in [-0.39, 0.29) is 0 Å². The Morgan fingerprint density at radius 2 is 2.33 bits per heavy atom. The molecule has 0 aliphatic carbocycles. The number of amidine groups is 1. The fraction of sp³-hybridized carbons (Fsp3) is 0.125. The molecule has 0 atom stereocenters. The van der Waals surface area contributed by atoms with Crippen LogP contribution in [0.5, 0.6) is 0 Å². The van der Waals surface area contributed by atoms with Crippen LogP contribution in [0.1, 0.15) is 5.56 Å². The zero-order valence-corrected chi connectivity index (χ0v) is 7.34. The van der Waals surface area contributed by atoms with E-state index in [0.29, 0.717) is 10.9 Å². The molecular weight excluding hydrogens is 176 g/mol. The van der Waals surface area contributed by atoms with Gasteiger partial charge in [0.05, 0.1) is 0 Å². The number of oxime groups is 1. The molecular formula is C8H9ClN2O. The highest BCUT2D eigenvalue weighted by atomic mass is 35.5. The molecule has 4 heteroatoms. The zero-order valence-electron chi connectivity index (χ0n) is 6.58. The smallest absolute Gasteiger partial charge is 0.172 e. The molecule has 1 aromatic carbocycles. The SMILES string of the molecule is CN/C(=N\O)c1cccc(Cl)c1. The van der Waals surface area contributed by atoms with Gasteiger partial charge >= 0.3 is 0 Å². The van der Waals surface area contributed by atoms with Crippen LogP contribution >= 0.6 is 11.6 Å². The normalized spacial score (nSPS) is 11.3. The summed E-state index contributed by atoms with van der Waals surface area (Å²) in [6, 6.07) is 7.07. The third-order valence-electron chi connectivity index (χ3n) is 1.43. The van der Waals surface area contributed by atoms with Crippen molar-refractivity contribution in [2.24, 2.45) is 5.16 Å². The van der Waals surface area contributed by atoms with E-state index < -0.39 is 0 Å². The first-order valence-electron chi connectivity index (χ1n) is 3.43. The van der Waals surface area contributed by atoms with Crippen molar-refractivity contribution in [3.8, 4) is 0 Å². The highest BCUT2D eigenvalue weighted by Crippen LogP contribution is 2.10. The molecule has 0 saturated carbocycles. The average molecular weight is 185 g/mol. The van der Waals surface area contributed by atoms with E-state index in [1.807, 2.05) is 0 Å². The number of nitrogens with one attached hydrogen (secondary N) is 1. The van der Waals surface area contributed by atoms with Crippen LogP contribution in [0.15, 0.2) is 29.4 Å². The lowest BCUT2D eigenvalue weighted by molar-refractivity contribution is 0.317. The summed E-state index contributed by atoms with van der Waals surface area (Å²) < 4.78 is 0. The van der Waals surface area contributed by atoms with E-state index >= 15 is 0 Å². The Kier molecular flexibility index (Phi) is 2.94. The molecule has 2 N–H and O–H groups in total. The van der Waals surface area contributed by atoms with Gasteiger partial charge < -0.3 is 10.5 Å². The molecule has 12 heavy (non-hydrogen) atoms. The number of rotatable bonds is 1. The van der Waals surface area contributed by atoms with Crippen LogP contribution in [-0.4, -0.2) is 18.1 Å². The summed E-state index contributed by atoms with van der Waals surface area (Å²) in [5, 5.41) is 15.0. The van der Waals surface area contributed by atoms with Gasteiger partial charge in [0.15, 0.2) is 5.84 Å². The molecule has 0 fully saturated rings. The highest BCUT2D eigenvalue weighted by Gasteiger charge is 2.00. The van der Waals surface area contributed by atoms with Gasteiger partial charge in [0.25, 0.3) is 0 Å². The average Bonchev–Trinajstić information content (AvgIpc) is 2.07. The number of nitrogens with zero attached hydrogens (tertiary/aromatic N) is 1. The van der Waals surface area contributed by atoms with Crippen molar-refractivity contribution in [1.29, 1.82) is 0 Å². The van der Waals surface area contributed by atoms with Crippen molar-refractivity contribution in [2.45, 2.75) is 0 Å². The Morgan fingerprint density at radius 3 is 2.83 bits per heavy atom. The number of halogens is 1. The minimum atomic E-state index is 0.400. The summed E-state index contributed by atoms with van der Waals surface area (Å²) in [6.07, 6.45) is 0. The van der Waals surface area contributed by atoms with Crippen LogP contribution in [0.4, 0.5) is 0 Å². The van der Waals surface area contributed by atoms with Crippen LogP contribution in [0, 0.1) is 0 Å². The van der Waals surface area contributed by atoms with Crippen molar-refractivity contribution in [1.82, 2.24) is 5.32 Å². The predicted molar refractivity (Wildman–Crippen MR) is 48.8 cm³/mol. The maximum Gasteiger partial charge on any atom is 0.172 e. The molecule has 0 saturated heterocycles. The minimum Gasteiger partial charge on any atom is -0.409 e. The van der Waals surface area contributed by atoms with Gasteiger partial charge in [-0.05, 0) is 12.1 Å². The summed E-state index contributed by atoms with van der Waals surface area (Å²) in [6.45, 7) is 0. The first-order valence-corrected chi connectivity index (χ1v) is 3.81. The van der Waals surface area contributed by atoms with Gasteiger partial charge in [-0.2, -0.15) is 0 Å². The van der Waals surface area contributed by atoms with Crippen LogP contribution in [-0.2, 0) is 0 Å². The maximum absolute atomic E-state index is 8.55. The third kappa shape index (κ3) is 1.89. The quantitative estimate of drug-likeness (QED) is 0.302. The van der Waals surface area contributed by atoms with E-state index in [2.05, 4.69) is 10.5 Å². The van der Waals surface area contributed by atoms with Crippen molar-refractivity contribution >= 4 is 17.4 Å². The van der Waals surface area contributed by atoms with E-state index in [1.165, 1.54) is 0 Å². The molecule has 0 aliphatic heterocycles. The van der Waals surface area contributed by atoms with Crippen molar-refractivity contribution in [3.63, 3.8) is 0 Å². The molecule has 0 spiro atoms. The van der Waals surface area contributed by atoms with E-state index in [4.69, 9.17) is 16.8 Å². The molecule has 0 unspecified atom stereocenters. The summed E-state index contributed by atoms with van der Waals surface area (Å²) in [7, 11) is 1.68. The molecule has 0 bridgehead atoms. The van der Waals surface area contributed by atoms with Gasteiger partial charge in [0.1, 0.15) is 0 Å². The lowest BCUT2D eigenvalue weighted by Crippen LogP contribution is -2.19. The Bertz CT molecular complexity index is 299. The van der Waals surface area contributed by atoms with Gasteiger partial charge in [-0.25, -0.2) is 0 Å². The molecule has 0 aliphatic rings. The largest absolute Gasteiger partial charge is 0.409 e. The number of hydrogen-bond donors (Lipinski definition) is 2. The molecule has 0 heterocycles. The van der Waals surface area contributed by atoms with E-state index in [1.54, 1.807) is 31.3 Å². The van der Waals surface area contributed by atoms with Crippen LogP contribution < -0.4 is 5.32 Å². The summed E-state index contributed by atoms with van der Waals surface area (Å²) >= 11 is 5.74. The molecule has 3 nitrogen and oxygen atoms in total. The van der Waals surface area contributed by atoms with E-state index in [0.717, 1.165) is 5.56 Å². The first kappa shape index (κ1) is 8.87. The molecule has 0 amide bonds. The molecule has 64 valence electrons. The molecule has 0 radical (unpaired) electrons. The van der Waals surface area contributed by atoms with Crippen LogP contribution in [0.25, 0.3) is 0 Å². The Hall–Kier alpha value is -1.22. The maximum atomic E-state index is 8.55. The van der Waals surface area contributed by atoms with Crippen molar-refractivity contribution in [3.05, 3.63) is 34.9 Å². The highest BCUT2D eigenvalue weighted by molar-refractivity contribution is 6.31. The van der Waals surface area contributed by atoms with Gasteiger partial charge in [0, 0.05) is 17.6 Å². The summed E-state index contributed by atoms with van der Waals surface area (Å²) in [5.41, 5.74) is 0.757. The predicted octanol–water partition coefficient (Wildman–Crippen LogP) is 1.70. The molecule has 1 aromatic rings. The summed E-state index contributed by atoms with van der Waals surface area (Å²) in [4.78, 5) is 0. The van der Waals surface area contributed by atoms with Gasteiger partial charge in [-0.3, -0.25) is 0 Å². The molecule has 1 rings (SSSR count). The Labute approximate surface area is 75.7 Å². The standard InChI is InChI=1S/C8H9ClN2O/c1-10-8(11-12)6-3-2-4-7(9)5-6/h2-5,12H,1H3,(H,10,11). The van der Waals surface area contributed by atoms with E-state index in [9.17, 15) is 0 Å². The lowest BCUT2D eigenvalue weighted by atomic mass is 10.2. The molecule has 0 aromatic heterocycles. The number of benzene rings is 1. The fourth-order valence-corrected chi connectivity index (χ4v) is 1.08. The fourth-order valence-electron chi connectivity index (χ4n) is 0.888. The third-order valence-corrected chi connectivity index (χ3v) is 1.67. The zero-order chi connectivity index (χ0) is 8.97. The second kappa shape index (κ2) is 3.97. The monoisotopic (exact) mass is 184 g/mol. The number of hydrogen-bond acceptors (Lipinski definition) is 2. The Balaban J connectivity index is 3.02. The Morgan fingerprint density at radius 1 is 1.58 bits per heavy atom. The summed E-state index contributed by atoms with van der Waals surface area (Å²) in [5.74, 6) is 0.400. The lowest BCUT2D eigenvalue weighted by Gasteiger charge is -2.02. The second-order valence-corrected chi connectivity index (χ2v) is 2.65. The van der Waals surface area contributed by atoms with Gasteiger partial charge in [-0.1, -0.05) is 28.9 Å². The topological polar surface area (TPSA) is 44.6 Å². The van der Waals surface area contributed by atoms with Gasteiger partial charge in [-0.15, -0.1) is 0 Å². The van der Waals surface area contributed by atoms with Crippen LogP contribution in [0.3, 0.4) is 0 Å². The first-order chi connectivity index (χ1) is 5.77. The minimum absolute atomic E-state index is 0.400.